The summed E-state index contributed by atoms with van der Waals surface area (Å²) in [5.41, 5.74) is 3.14. The van der Waals surface area contributed by atoms with Crippen LogP contribution in [0.2, 0.25) is 0 Å². The normalized spacial score (nSPS) is 13.0. The molecule has 1 amide bonds. The van der Waals surface area contributed by atoms with E-state index >= 15 is 0 Å². The molecule has 5 heteroatoms. The van der Waals surface area contributed by atoms with Gasteiger partial charge in [-0.3, -0.25) is 9.78 Å². The average Bonchev–Trinajstić information content (AvgIpc) is 3.52. The van der Waals surface area contributed by atoms with Gasteiger partial charge in [0.1, 0.15) is 18.1 Å². The van der Waals surface area contributed by atoms with Crippen LogP contribution in [0.1, 0.15) is 28.9 Å². The Hall–Kier alpha value is -3.34. The Morgan fingerprint density at radius 3 is 2.52 bits per heavy atom. The minimum atomic E-state index is -0.229. The molecule has 1 heterocycles. The van der Waals surface area contributed by atoms with Crippen molar-refractivity contribution in [1.82, 2.24) is 4.98 Å². The van der Waals surface area contributed by atoms with E-state index in [1.54, 1.807) is 12.3 Å². The van der Waals surface area contributed by atoms with Gasteiger partial charge in [-0.05, 0) is 54.8 Å². The van der Waals surface area contributed by atoms with E-state index in [4.69, 9.17) is 4.74 Å². The van der Waals surface area contributed by atoms with Gasteiger partial charge in [-0.25, -0.2) is 0 Å². The second-order valence-electron chi connectivity index (χ2n) is 6.60. The number of hydrogen-bond donors (Lipinski definition) is 2. The molecule has 0 saturated heterocycles. The summed E-state index contributed by atoms with van der Waals surface area (Å²) >= 11 is 0. The van der Waals surface area contributed by atoms with E-state index in [1.165, 1.54) is 12.8 Å². The van der Waals surface area contributed by atoms with Crippen LogP contribution in [0.15, 0.2) is 72.9 Å². The SMILES string of the molecule is O=C(Nc1ccc(OCc2ccccc2)cc1)c1cc(NC2CC2)ccn1. The van der Waals surface area contributed by atoms with Crippen LogP contribution >= 0.6 is 0 Å². The summed E-state index contributed by atoms with van der Waals surface area (Å²) in [4.78, 5) is 16.6. The van der Waals surface area contributed by atoms with Crippen molar-refractivity contribution in [3.63, 3.8) is 0 Å². The summed E-state index contributed by atoms with van der Waals surface area (Å²) in [6.07, 6.45) is 4.02. The van der Waals surface area contributed by atoms with E-state index in [0.29, 0.717) is 24.0 Å². The molecule has 2 aromatic carbocycles. The van der Waals surface area contributed by atoms with E-state index in [2.05, 4.69) is 15.6 Å². The monoisotopic (exact) mass is 359 g/mol. The molecule has 1 fully saturated rings. The highest BCUT2D eigenvalue weighted by atomic mass is 16.5. The van der Waals surface area contributed by atoms with Crippen molar-refractivity contribution in [2.24, 2.45) is 0 Å². The zero-order valence-electron chi connectivity index (χ0n) is 14.9. The van der Waals surface area contributed by atoms with Gasteiger partial charge >= 0.3 is 0 Å². The lowest BCUT2D eigenvalue weighted by Crippen LogP contribution is -2.14. The van der Waals surface area contributed by atoms with E-state index in [0.717, 1.165) is 17.0 Å². The summed E-state index contributed by atoms with van der Waals surface area (Å²) in [7, 11) is 0. The third kappa shape index (κ3) is 4.85. The van der Waals surface area contributed by atoms with Crippen molar-refractivity contribution in [2.45, 2.75) is 25.5 Å². The van der Waals surface area contributed by atoms with Gasteiger partial charge in [0.2, 0.25) is 0 Å². The first-order chi connectivity index (χ1) is 13.3. The quantitative estimate of drug-likeness (QED) is 0.652. The summed E-state index contributed by atoms with van der Waals surface area (Å²) in [5, 5.41) is 6.24. The number of benzene rings is 2. The summed E-state index contributed by atoms with van der Waals surface area (Å²) < 4.78 is 5.76. The molecule has 1 aromatic heterocycles. The number of carbonyl (C=O) groups is 1. The van der Waals surface area contributed by atoms with Gasteiger partial charge in [-0.1, -0.05) is 30.3 Å². The molecule has 4 rings (SSSR count). The molecule has 0 aliphatic heterocycles. The van der Waals surface area contributed by atoms with Crippen LogP contribution in [-0.4, -0.2) is 16.9 Å². The summed E-state index contributed by atoms with van der Waals surface area (Å²) in [6, 6.07) is 21.5. The Kier molecular flexibility index (Phi) is 5.01. The third-order valence-corrected chi connectivity index (χ3v) is 4.30. The first-order valence-electron chi connectivity index (χ1n) is 9.07. The van der Waals surface area contributed by atoms with Crippen molar-refractivity contribution in [3.8, 4) is 5.75 Å². The number of hydrogen-bond acceptors (Lipinski definition) is 4. The van der Waals surface area contributed by atoms with Crippen molar-refractivity contribution >= 4 is 17.3 Å². The van der Waals surface area contributed by atoms with Crippen molar-refractivity contribution in [2.75, 3.05) is 10.6 Å². The number of carbonyl (C=O) groups excluding carboxylic acids is 1. The van der Waals surface area contributed by atoms with Gasteiger partial charge in [0, 0.05) is 23.6 Å². The first kappa shape index (κ1) is 17.1. The van der Waals surface area contributed by atoms with Crippen LogP contribution in [0, 0.1) is 0 Å². The molecule has 27 heavy (non-hydrogen) atoms. The molecule has 0 radical (unpaired) electrons. The van der Waals surface area contributed by atoms with Crippen molar-refractivity contribution < 1.29 is 9.53 Å². The lowest BCUT2D eigenvalue weighted by molar-refractivity contribution is 0.102. The standard InChI is InChI=1S/C22H21N3O2/c26-22(21-14-19(12-13-23-21)24-17-6-7-17)25-18-8-10-20(11-9-18)27-15-16-4-2-1-3-5-16/h1-5,8-14,17H,6-7,15H2,(H,23,24)(H,25,26). The Morgan fingerprint density at radius 1 is 1.00 bits per heavy atom. The van der Waals surface area contributed by atoms with Crippen LogP contribution in [-0.2, 0) is 6.61 Å². The lowest BCUT2D eigenvalue weighted by Gasteiger charge is -2.09. The molecule has 3 aromatic rings. The smallest absolute Gasteiger partial charge is 0.274 e. The number of nitrogens with zero attached hydrogens (tertiary/aromatic N) is 1. The van der Waals surface area contributed by atoms with Crippen LogP contribution in [0.25, 0.3) is 0 Å². The van der Waals surface area contributed by atoms with Gasteiger partial charge in [0.15, 0.2) is 0 Å². The zero-order valence-corrected chi connectivity index (χ0v) is 14.9. The number of rotatable bonds is 7. The van der Waals surface area contributed by atoms with Crippen molar-refractivity contribution in [1.29, 1.82) is 0 Å². The molecule has 1 aliphatic rings. The average molecular weight is 359 g/mol. The van der Waals surface area contributed by atoms with E-state index < -0.39 is 0 Å². The molecule has 0 bridgehead atoms. The fourth-order valence-electron chi connectivity index (χ4n) is 2.68. The Bertz CT molecular complexity index is 906. The number of nitrogens with one attached hydrogen (secondary N) is 2. The topological polar surface area (TPSA) is 63.2 Å². The molecule has 2 N–H and O–H groups in total. The minimum absolute atomic E-state index is 0.229. The van der Waals surface area contributed by atoms with Crippen LogP contribution in [0.5, 0.6) is 5.75 Å². The molecule has 1 saturated carbocycles. The predicted molar refractivity (Wildman–Crippen MR) is 106 cm³/mol. The molecule has 136 valence electrons. The predicted octanol–water partition coefficient (Wildman–Crippen LogP) is 4.49. The van der Waals surface area contributed by atoms with Gasteiger partial charge in [0.25, 0.3) is 5.91 Å². The molecule has 5 nitrogen and oxygen atoms in total. The molecule has 0 spiro atoms. The second kappa shape index (κ2) is 7.91. The maximum Gasteiger partial charge on any atom is 0.274 e. The van der Waals surface area contributed by atoms with Crippen LogP contribution in [0.4, 0.5) is 11.4 Å². The van der Waals surface area contributed by atoms with Crippen molar-refractivity contribution in [3.05, 3.63) is 84.2 Å². The highest BCUT2D eigenvalue weighted by molar-refractivity contribution is 6.03. The molecule has 0 unspecified atom stereocenters. The van der Waals surface area contributed by atoms with E-state index in [-0.39, 0.29) is 5.91 Å². The van der Waals surface area contributed by atoms with Gasteiger partial charge in [-0.2, -0.15) is 0 Å². The number of anilines is 2. The Balaban J connectivity index is 1.34. The summed E-state index contributed by atoms with van der Waals surface area (Å²) in [6.45, 7) is 0.511. The van der Waals surface area contributed by atoms with Gasteiger partial charge < -0.3 is 15.4 Å². The third-order valence-electron chi connectivity index (χ3n) is 4.30. The van der Waals surface area contributed by atoms with Gasteiger partial charge in [-0.15, -0.1) is 0 Å². The van der Waals surface area contributed by atoms with E-state index in [1.807, 2.05) is 60.7 Å². The first-order valence-corrected chi connectivity index (χ1v) is 9.07. The Labute approximate surface area is 158 Å². The maximum atomic E-state index is 12.4. The van der Waals surface area contributed by atoms with Crippen LogP contribution < -0.4 is 15.4 Å². The minimum Gasteiger partial charge on any atom is -0.489 e. The number of ether oxygens (including phenoxy) is 1. The lowest BCUT2D eigenvalue weighted by atomic mass is 10.2. The highest BCUT2D eigenvalue weighted by Gasteiger charge is 2.21. The number of amides is 1. The molecule has 1 aliphatic carbocycles. The molecule has 0 atom stereocenters. The fourth-order valence-corrected chi connectivity index (χ4v) is 2.68. The molecular formula is C22H21N3O2. The summed E-state index contributed by atoms with van der Waals surface area (Å²) in [5.74, 6) is 0.526. The zero-order chi connectivity index (χ0) is 18.5. The highest BCUT2D eigenvalue weighted by Crippen LogP contribution is 2.25. The number of aromatic nitrogens is 1. The maximum absolute atomic E-state index is 12.4. The number of pyridine rings is 1. The van der Waals surface area contributed by atoms with E-state index in [9.17, 15) is 4.79 Å². The van der Waals surface area contributed by atoms with Gasteiger partial charge in [0.05, 0.1) is 0 Å². The molecular weight excluding hydrogens is 338 g/mol. The largest absolute Gasteiger partial charge is 0.489 e. The Morgan fingerprint density at radius 2 is 1.78 bits per heavy atom. The second-order valence-corrected chi connectivity index (χ2v) is 6.60. The van der Waals surface area contributed by atoms with Crippen LogP contribution in [0.3, 0.4) is 0 Å². The fraction of sp³-hybridized carbons (Fsp3) is 0.182.